The van der Waals surface area contributed by atoms with Crippen molar-refractivity contribution in [2.45, 2.75) is 6.42 Å². The minimum Gasteiger partial charge on any atom is -0.465 e. The lowest BCUT2D eigenvalue weighted by Gasteiger charge is -2.00. The highest BCUT2D eigenvalue weighted by Crippen LogP contribution is 2.13. The number of anilines is 2. The van der Waals surface area contributed by atoms with Crippen LogP contribution in [0.2, 0.25) is 0 Å². The first kappa shape index (κ1) is 10.9. The molecule has 5 N–H and O–H groups in total. The molecule has 0 aliphatic carbocycles. The fourth-order valence-electron chi connectivity index (χ4n) is 1.29. The predicted octanol–water partition coefficient (Wildman–Crippen LogP) is 0.463. The Morgan fingerprint density at radius 3 is 2.94 bits per heavy atom. The molecule has 2 rings (SSSR count). The molecule has 2 aromatic heterocycles. The number of carboxylic acid groups (broad SMARTS) is 1. The number of nitrogen functional groups attached to an aromatic ring is 1. The van der Waals surface area contributed by atoms with E-state index >= 15 is 0 Å². The van der Waals surface area contributed by atoms with Crippen molar-refractivity contribution >= 4 is 17.6 Å². The summed E-state index contributed by atoms with van der Waals surface area (Å²) in [6.45, 7) is 0. The number of amides is 1. The monoisotopic (exact) mass is 234 g/mol. The van der Waals surface area contributed by atoms with E-state index in [2.05, 4.69) is 25.7 Å². The maximum atomic E-state index is 10.5. The molecule has 1 amide bonds. The number of pyridine rings is 1. The van der Waals surface area contributed by atoms with Crippen LogP contribution in [0.5, 0.6) is 0 Å². The summed E-state index contributed by atoms with van der Waals surface area (Å²) in [6.07, 6.45) is 0.706. The number of rotatable bonds is 3. The van der Waals surface area contributed by atoms with Gasteiger partial charge in [-0.15, -0.1) is 5.10 Å². The third-order valence-electron chi connectivity index (χ3n) is 2.04. The number of hydrogen-bond donors (Lipinski definition) is 4. The van der Waals surface area contributed by atoms with Gasteiger partial charge in [-0.25, -0.2) is 4.79 Å². The van der Waals surface area contributed by atoms with Crippen LogP contribution >= 0.6 is 0 Å². The van der Waals surface area contributed by atoms with Crippen molar-refractivity contribution in [3.63, 3.8) is 0 Å². The lowest BCUT2D eigenvalue weighted by molar-refractivity contribution is 0.209. The van der Waals surface area contributed by atoms with Gasteiger partial charge in [0.1, 0.15) is 5.69 Å². The van der Waals surface area contributed by atoms with Gasteiger partial charge < -0.3 is 10.8 Å². The van der Waals surface area contributed by atoms with Crippen LogP contribution in [0.4, 0.5) is 16.3 Å². The van der Waals surface area contributed by atoms with Gasteiger partial charge in [-0.05, 0) is 12.1 Å². The number of hydrogen-bond acceptors (Lipinski definition) is 5. The van der Waals surface area contributed by atoms with Crippen LogP contribution in [0.15, 0.2) is 18.3 Å². The quantitative estimate of drug-likeness (QED) is 0.610. The molecular formula is C9H10N6O2. The zero-order valence-electron chi connectivity index (χ0n) is 8.71. The zero-order valence-corrected chi connectivity index (χ0v) is 8.71. The van der Waals surface area contributed by atoms with Crippen LogP contribution in [0.3, 0.4) is 0 Å². The standard InChI is InChI=1S/C9H10N6O2/c10-5-1-2-6(11-4-5)3-7-8(12-9(16)17)14-15-13-7/h1-2,4H,3,10H2,(H,16,17)(H2,12,13,14,15). The molecule has 0 radical (unpaired) electrons. The van der Waals surface area contributed by atoms with Gasteiger partial charge in [0.25, 0.3) is 0 Å². The normalized spacial score (nSPS) is 10.1. The molecule has 0 bridgehead atoms. The number of nitrogens with one attached hydrogen (secondary N) is 2. The van der Waals surface area contributed by atoms with E-state index in [0.717, 1.165) is 5.69 Å². The van der Waals surface area contributed by atoms with E-state index in [9.17, 15) is 4.79 Å². The van der Waals surface area contributed by atoms with Gasteiger partial charge in [0, 0.05) is 12.1 Å². The summed E-state index contributed by atoms with van der Waals surface area (Å²) in [5.41, 5.74) is 7.28. The van der Waals surface area contributed by atoms with Gasteiger partial charge in [0.15, 0.2) is 5.82 Å². The fourth-order valence-corrected chi connectivity index (χ4v) is 1.29. The average Bonchev–Trinajstić information content (AvgIpc) is 2.68. The first-order chi connectivity index (χ1) is 8.15. The molecule has 0 saturated heterocycles. The van der Waals surface area contributed by atoms with E-state index in [0.29, 0.717) is 17.8 Å². The topological polar surface area (TPSA) is 130 Å². The van der Waals surface area contributed by atoms with Crippen molar-refractivity contribution in [1.29, 1.82) is 0 Å². The molecule has 0 atom stereocenters. The van der Waals surface area contributed by atoms with E-state index in [4.69, 9.17) is 10.8 Å². The second kappa shape index (κ2) is 4.47. The smallest absolute Gasteiger partial charge is 0.410 e. The van der Waals surface area contributed by atoms with Gasteiger partial charge >= 0.3 is 6.09 Å². The Labute approximate surface area is 95.9 Å². The number of carbonyl (C=O) groups is 1. The highest BCUT2D eigenvalue weighted by atomic mass is 16.4. The Morgan fingerprint density at radius 1 is 1.47 bits per heavy atom. The highest BCUT2D eigenvalue weighted by Gasteiger charge is 2.11. The zero-order chi connectivity index (χ0) is 12.3. The van der Waals surface area contributed by atoms with Crippen LogP contribution in [0.25, 0.3) is 0 Å². The maximum absolute atomic E-state index is 10.5. The largest absolute Gasteiger partial charge is 0.465 e. The van der Waals surface area contributed by atoms with Gasteiger partial charge in [0.05, 0.1) is 11.9 Å². The Hall–Kier alpha value is -2.64. The van der Waals surface area contributed by atoms with Gasteiger partial charge in [-0.3, -0.25) is 10.3 Å². The second-order valence-electron chi connectivity index (χ2n) is 3.31. The summed E-state index contributed by atoms with van der Waals surface area (Å²) < 4.78 is 0. The SMILES string of the molecule is Nc1ccc(Cc2n[nH]nc2NC(=O)O)nc1. The minimum atomic E-state index is -1.19. The Balaban J connectivity index is 2.15. The van der Waals surface area contributed by atoms with Crippen molar-refractivity contribution in [1.82, 2.24) is 20.4 Å². The minimum absolute atomic E-state index is 0.177. The summed E-state index contributed by atoms with van der Waals surface area (Å²) in [4.78, 5) is 14.6. The van der Waals surface area contributed by atoms with Gasteiger partial charge in [-0.1, -0.05) is 0 Å². The molecule has 0 aliphatic heterocycles. The number of aromatic nitrogens is 4. The molecule has 0 aromatic carbocycles. The van der Waals surface area contributed by atoms with Crippen molar-refractivity contribution in [2.75, 3.05) is 11.1 Å². The molecule has 17 heavy (non-hydrogen) atoms. The molecule has 88 valence electrons. The van der Waals surface area contributed by atoms with Crippen molar-refractivity contribution in [2.24, 2.45) is 0 Å². The Kier molecular flexibility index (Phi) is 2.86. The number of aromatic amines is 1. The van der Waals surface area contributed by atoms with Crippen LogP contribution in [0.1, 0.15) is 11.4 Å². The molecule has 0 spiro atoms. The molecular weight excluding hydrogens is 224 g/mol. The second-order valence-corrected chi connectivity index (χ2v) is 3.31. The Morgan fingerprint density at radius 2 is 2.29 bits per heavy atom. The van der Waals surface area contributed by atoms with E-state index < -0.39 is 6.09 Å². The van der Waals surface area contributed by atoms with Gasteiger partial charge in [0.2, 0.25) is 0 Å². The highest BCUT2D eigenvalue weighted by molar-refractivity contribution is 5.82. The summed E-state index contributed by atoms with van der Waals surface area (Å²) in [5, 5.41) is 20.6. The maximum Gasteiger partial charge on any atom is 0.410 e. The molecule has 0 saturated carbocycles. The van der Waals surface area contributed by atoms with Crippen molar-refractivity contribution < 1.29 is 9.90 Å². The molecule has 8 heteroatoms. The van der Waals surface area contributed by atoms with E-state index in [1.807, 2.05) is 0 Å². The molecule has 2 heterocycles. The number of H-pyrrole nitrogens is 1. The summed E-state index contributed by atoms with van der Waals surface area (Å²) in [5.74, 6) is 0.177. The number of nitrogens with two attached hydrogens (primary N) is 1. The van der Waals surface area contributed by atoms with Crippen molar-refractivity contribution in [3.8, 4) is 0 Å². The molecule has 2 aromatic rings. The molecule has 0 fully saturated rings. The first-order valence-electron chi connectivity index (χ1n) is 4.75. The van der Waals surface area contributed by atoms with Crippen LogP contribution < -0.4 is 11.1 Å². The fraction of sp³-hybridized carbons (Fsp3) is 0.111. The molecule has 8 nitrogen and oxygen atoms in total. The third-order valence-corrected chi connectivity index (χ3v) is 2.04. The van der Waals surface area contributed by atoms with Crippen LogP contribution in [0, 0.1) is 0 Å². The van der Waals surface area contributed by atoms with E-state index in [1.54, 1.807) is 12.1 Å². The number of nitrogens with zero attached hydrogens (tertiary/aromatic N) is 3. The first-order valence-corrected chi connectivity index (χ1v) is 4.75. The van der Waals surface area contributed by atoms with Gasteiger partial charge in [-0.2, -0.15) is 10.3 Å². The third kappa shape index (κ3) is 2.68. The predicted molar refractivity (Wildman–Crippen MR) is 59.5 cm³/mol. The van der Waals surface area contributed by atoms with E-state index in [1.165, 1.54) is 6.20 Å². The van der Waals surface area contributed by atoms with E-state index in [-0.39, 0.29) is 5.82 Å². The summed E-state index contributed by atoms with van der Waals surface area (Å²) in [7, 11) is 0. The molecule has 0 aliphatic rings. The lowest BCUT2D eigenvalue weighted by Crippen LogP contribution is -2.09. The Bertz CT molecular complexity index is 521. The average molecular weight is 234 g/mol. The summed E-state index contributed by atoms with van der Waals surface area (Å²) >= 11 is 0. The van der Waals surface area contributed by atoms with Crippen LogP contribution in [-0.2, 0) is 6.42 Å². The molecule has 0 unspecified atom stereocenters. The van der Waals surface area contributed by atoms with Crippen molar-refractivity contribution in [3.05, 3.63) is 29.7 Å². The van der Waals surface area contributed by atoms with Crippen LogP contribution in [-0.4, -0.2) is 31.6 Å². The summed E-state index contributed by atoms with van der Waals surface area (Å²) in [6, 6.07) is 3.46. The lowest BCUT2D eigenvalue weighted by atomic mass is 10.2.